The lowest BCUT2D eigenvalue weighted by Crippen LogP contribution is -2.26. The molecule has 1 unspecified atom stereocenters. The van der Waals surface area contributed by atoms with E-state index in [9.17, 15) is 8.78 Å². The number of halogens is 3. The van der Waals surface area contributed by atoms with Gasteiger partial charge in [-0.3, -0.25) is 4.98 Å². The fourth-order valence-corrected chi connectivity index (χ4v) is 2.97. The predicted molar refractivity (Wildman–Crippen MR) is 86.0 cm³/mol. The Hall–Kier alpha value is -1.69. The lowest BCUT2D eigenvalue weighted by molar-refractivity contribution is -0.286. The zero-order valence-electron chi connectivity index (χ0n) is 12.9. The van der Waals surface area contributed by atoms with E-state index in [0.29, 0.717) is 0 Å². The molecule has 2 heterocycles. The van der Waals surface area contributed by atoms with Crippen molar-refractivity contribution in [1.82, 2.24) is 4.98 Å². The molecule has 1 aliphatic heterocycles. The molecule has 2 aromatic rings. The summed E-state index contributed by atoms with van der Waals surface area (Å²) in [5.41, 5.74) is 1.51. The fourth-order valence-electron chi connectivity index (χ4n) is 2.63. The van der Waals surface area contributed by atoms with Crippen LogP contribution in [0.4, 0.5) is 8.78 Å². The fraction of sp³-hybridized carbons (Fsp3) is 0.353. The number of aromatic nitrogens is 1. The van der Waals surface area contributed by atoms with Crippen molar-refractivity contribution in [3.8, 4) is 11.5 Å². The molecule has 0 bridgehead atoms. The Balaban J connectivity index is 1.93. The van der Waals surface area contributed by atoms with Crippen molar-refractivity contribution >= 4 is 15.9 Å². The maximum absolute atomic E-state index is 13.2. The van der Waals surface area contributed by atoms with Crippen LogP contribution >= 0.6 is 15.9 Å². The Bertz CT molecular complexity index is 749. The van der Waals surface area contributed by atoms with Crippen LogP contribution in [0, 0.1) is 0 Å². The van der Waals surface area contributed by atoms with Gasteiger partial charge in [0.1, 0.15) is 0 Å². The minimum absolute atomic E-state index is 0.0347. The molecule has 0 N–H and O–H groups in total. The second-order valence-electron chi connectivity index (χ2n) is 6.18. The summed E-state index contributed by atoms with van der Waals surface area (Å²) in [5.74, 6) is 0.161. The van der Waals surface area contributed by atoms with E-state index in [2.05, 4.69) is 44.2 Å². The van der Waals surface area contributed by atoms with E-state index in [-0.39, 0.29) is 22.8 Å². The van der Waals surface area contributed by atoms with Gasteiger partial charge in [0, 0.05) is 21.8 Å². The third kappa shape index (κ3) is 3.04. The number of nitrogens with zero attached hydrogens (tertiary/aromatic N) is 1. The molecule has 1 atom stereocenters. The number of alkyl halides is 2. The average molecular weight is 384 g/mol. The first kappa shape index (κ1) is 16.2. The number of benzene rings is 1. The Morgan fingerprint density at radius 2 is 1.83 bits per heavy atom. The Labute approximate surface area is 141 Å². The number of rotatable bonds is 3. The van der Waals surface area contributed by atoms with Gasteiger partial charge >= 0.3 is 6.29 Å². The van der Waals surface area contributed by atoms with Crippen LogP contribution in [0.5, 0.6) is 11.5 Å². The second kappa shape index (κ2) is 5.44. The van der Waals surface area contributed by atoms with Crippen LogP contribution in [0.1, 0.15) is 37.9 Å². The van der Waals surface area contributed by atoms with Crippen LogP contribution < -0.4 is 9.47 Å². The van der Waals surface area contributed by atoms with Crippen molar-refractivity contribution in [2.75, 3.05) is 0 Å². The lowest BCUT2D eigenvalue weighted by atomic mass is 9.73. The van der Waals surface area contributed by atoms with Crippen molar-refractivity contribution in [1.29, 1.82) is 0 Å². The van der Waals surface area contributed by atoms with E-state index in [1.165, 1.54) is 6.07 Å². The van der Waals surface area contributed by atoms with Crippen LogP contribution in [-0.4, -0.2) is 11.3 Å². The predicted octanol–water partition coefficient (Wildman–Crippen LogP) is 5.25. The summed E-state index contributed by atoms with van der Waals surface area (Å²) in [6.45, 7) is 6.19. The summed E-state index contributed by atoms with van der Waals surface area (Å²) in [6.07, 6.45) is -1.85. The van der Waals surface area contributed by atoms with Gasteiger partial charge in [0.2, 0.25) is 0 Å². The molecule has 0 spiro atoms. The van der Waals surface area contributed by atoms with Gasteiger partial charge in [0.05, 0.1) is 0 Å². The molecule has 0 saturated carbocycles. The van der Waals surface area contributed by atoms with Gasteiger partial charge in [-0.1, -0.05) is 42.8 Å². The molecule has 0 fully saturated rings. The average Bonchev–Trinajstić information content (AvgIpc) is 2.79. The molecule has 6 heteroatoms. The van der Waals surface area contributed by atoms with Crippen LogP contribution in [0.3, 0.4) is 0 Å². The lowest BCUT2D eigenvalue weighted by Gasteiger charge is -2.32. The highest BCUT2D eigenvalue weighted by Gasteiger charge is 2.44. The van der Waals surface area contributed by atoms with Crippen LogP contribution in [0.25, 0.3) is 0 Å². The Morgan fingerprint density at radius 1 is 1.13 bits per heavy atom. The zero-order valence-corrected chi connectivity index (χ0v) is 14.5. The molecular weight excluding hydrogens is 368 g/mol. The Morgan fingerprint density at radius 3 is 2.52 bits per heavy atom. The highest BCUT2D eigenvalue weighted by molar-refractivity contribution is 9.10. The van der Waals surface area contributed by atoms with Gasteiger partial charge in [0.15, 0.2) is 11.5 Å². The first-order valence-electron chi connectivity index (χ1n) is 7.21. The van der Waals surface area contributed by atoms with Crippen molar-refractivity contribution in [2.24, 2.45) is 0 Å². The molecule has 0 radical (unpaired) electrons. The molecule has 0 aliphatic carbocycles. The minimum atomic E-state index is -3.59. The van der Waals surface area contributed by atoms with Crippen LogP contribution in [-0.2, 0) is 5.41 Å². The van der Waals surface area contributed by atoms with Gasteiger partial charge in [-0.15, -0.1) is 8.78 Å². The molecule has 3 rings (SSSR count). The first-order valence-corrected chi connectivity index (χ1v) is 8.00. The molecule has 0 saturated heterocycles. The van der Waals surface area contributed by atoms with Gasteiger partial charge in [-0.25, -0.2) is 0 Å². The highest BCUT2D eigenvalue weighted by atomic mass is 79.9. The summed E-state index contributed by atoms with van der Waals surface area (Å²) in [5, 5.41) is 0. The standard InChI is InChI=1S/C17H16BrF2NO2/c1-10(16(2,3)15-9-12(18)6-7-21-15)11-4-5-13-14(8-11)23-17(19,20)22-13/h4-10H,1-3H3. The minimum Gasteiger partial charge on any atom is -0.395 e. The first-order chi connectivity index (χ1) is 10.7. The highest BCUT2D eigenvalue weighted by Crippen LogP contribution is 2.45. The molecule has 1 aliphatic rings. The maximum Gasteiger partial charge on any atom is 0.586 e. The van der Waals surface area contributed by atoms with Crippen molar-refractivity contribution in [3.63, 3.8) is 0 Å². The van der Waals surface area contributed by atoms with E-state index in [1.54, 1.807) is 18.3 Å². The summed E-state index contributed by atoms with van der Waals surface area (Å²) in [4.78, 5) is 4.45. The molecule has 23 heavy (non-hydrogen) atoms. The van der Waals surface area contributed by atoms with Crippen LogP contribution in [0.2, 0.25) is 0 Å². The molecule has 1 aromatic heterocycles. The van der Waals surface area contributed by atoms with Gasteiger partial charge in [-0.2, -0.15) is 0 Å². The third-order valence-electron chi connectivity index (χ3n) is 4.39. The summed E-state index contributed by atoms with van der Waals surface area (Å²) in [7, 11) is 0. The SMILES string of the molecule is CC(c1ccc2c(c1)OC(F)(F)O2)C(C)(C)c1cc(Br)ccn1. The summed E-state index contributed by atoms with van der Waals surface area (Å²) < 4.78 is 36.2. The van der Waals surface area contributed by atoms with Crippen LogP contribution in [0.15, 0.2) is 41.0 Å². The second-order valence-corrected chi connectivity index (χ2v) is 7.09. The van der Waals surface area contributed by atoms with E-state index < -0.39 is 6.29 Å². The smallest absolute Gasteiger partial charge is 0.395 e. The van der Waals surface area contributed by atoms with E-state index in [1.807, 2.05) is 19.1 Å². The topological polar surface area (TPSA) is 31.4 Å². The molecule has 3 nitrogen and oxygen atoms in total. The monoisotopic (exact) mass is 383 g/mol. The third-order valence-corrected chi connectivity index (χ3v) is 4.88. The van der Waals surface area contributed by atoms with Crippen molar-refractivity contribution in [3.05, 3.63) is 52.3 Å². The number of pyridine rings is 1. The Kier molecular flexibility index (Phi) is 3.83. The summed E-state index contributed by atoms with van der Waals surface area (Å²) in [6, 6.07) is 8.76. The zero-order chi connectivity index (χ0) is 16.8. The van der Waals surface area contributed by atoms with E-state index in [0.717, 1.165) is 15.7 Å². The van der Waals surface area contributed by atoms with E-state index >= 15 is 0 Å². The number of hydrogen-bond acceptors (Lipinski definition) is 3. The maximum atomic E-state index is 13.2. The van der Waals surface area contributed by atoms with Gasteiger partial charge in [-0.05, 0) is 35.7 Å². The molecule has 122 valence electrons. The summed E-state index contributed by atoms with van der Waals surface area (Å²) >= 11 is 3.45. The quantitative estimate of drug-likeness (QED) is 0.725. The number of hydrogen-bond donors (Lipinski definition) is 0. The number of fused-ring (bicyclic) bond motifs is 1. The molecule has 1 aromatic carbocycles. The van der Waals surface area contributed by atoms with Crippen molar-refractivity contribution < 1.29 is 18.3 Å². The van der Waals surface area contributed by atoms with Gasteiger partial charge < -0.3 is 9.47 Å². The normalized spacial score (nSPS) is 17.1. The van der Waals surface area contributed by atoms with Gasteiger partial charge in [0.25, 0.3) is 0 Å². The molecular formula is C17H16BrF2NO2. The number of ether oxygens (including phenoxy) is 2. The largest absolute Gasteiger partial charge is 0.586 e. The molecule has 0 amide bonds. The van der Waals surface area contributed by atoms with Crippen molar-refractivity contribution in [2.45, 2.75) is 38.4 Å². The van der Waals surface area contributed by atoms with E-state index in [4.69, 9.17) is 0 Å².